The Balaban J connectivity index is 0.000000417. The van der Waals surface area contributed by atoms with Crippen LogP contribution in [0.1, 0.15) is 29.5 Å². The number of hydrogen-bond acceptors (Lipinski definition) is 7. The quantitative estimate of drug-likeness (QED) is 0.259. The van der Waals surface area contributed by atoms with E-state index in [1.165, 1.54) is 15.5 Å². The maximum absolute atomic E-state index is 13.9. The van der Waals surface area contributed by atoms with Gasteiger partial charge in [-0.3, -0.25) is 24.2 Å². The van der Waals surface area contributed by atoms with Crippen LogP contribution in [-0.4, -0.2) is 94.5 Å². The Bertz CT molecular complexity index is 1570. The predicted octanol–water partition coefficient (Wildman–Crippen LogP) is 2.91. The number of anilines is 1. The molecule has 47 heavy (non-hydrogen) atoms. The standard InChI is InChI=1S/C28H31N5O5.C8H11N/c1-2-12-30-18-27(37)33-24(15-20-8-10-23(35)11-9-20)28(38)29(17-25(33)32(30)19-34)16-21-5-3-6-22(14-21)31-13-4-7-26(31)36;1-9-7-8-5-3-2-4-6-8/h2-3,5-6,8-11,14,19,24-25,35H,1,4,7,12-13,15-18H2;2-6,9H,7H2,1H3/t24-,25?;/m0./s1. The first-order chi connectivity index (χ1) is 22.8. The highest BCUT2D eigenvalue weighted by Gasteiger charge is 2.49. The van der Waals surface area contributed by atoms with Crippen LogP contribution < -0.4 is 10.2 Å². The lowest BCUT2D eigenvalue weighted by atomic mass is 9.98. The fourth-order valence-corrected chi connectivity index (χ4v) is 6.36. The number of phenols is 1. The van der Waals surface area contributed by atoms with E-state index >= 15 is 0 Å². The van der Waals surface area contributed by atoms with Gasteiger partial charge in [0.05, 0.1) is 13.1 Å². The molecular weight excluding hydrogens is 596 g/mol. The van der Waals surface area contributed by atoms with E-state index in [0.29, 0.717) is 25.9 Å². The lowest BCUT2D eigenvalue weighted by molar-refractivity contribution is -0.199. The average Bonchev–Trinajstić information content (AvgIpc) is 3.51. The van der Waals surface area contributed by atoms with Crippen molar-refractivity contribution in [2.45, 2.75) is 44.6 Å². The van der Waals surface area contributed by atoms with Gasteiger partial charge in [-0.1, -0.05) is 60.7 Å². The summed E-state index contributed by atoms with van der Waals surface area (Å²) in [7, 11) is 1.95. The molecular formula is C36H42N6O5. The van der Waals surface area contributed by atoms with E-state index in [2.05, 4.69) is 24.0 Å². The van der Waals surface area contributed by atoms with Crippen molar-refractivity contribution in [3.05, 3.63) is 108 Å². The van der Waals surface area contributed by atoms with Crippen molar-refractivity contribution in [1.82, 2.24) is 25.1 Å². The molecule has 3 aliphatic heterocycles. The number of hydrogen-bond donors (Lipinski definition) is 2. The minimum Gasteiger partial charge on any atom is -0.508 e. The van der Waals surface area contributed by atoms with Gasteiger partial charge in [-0.15, -0.1) is 6.58 Å². The molecule has 11 heteroatoms. The molecule has 4 amide bonds. The lowest BCUT2D eigenvalue weighted by Crippen LogP contribution is -2.74. The summed E-state index contributed by atoms with van der Waals surface area (Å²) < 4.78 is 0. The minimum atomic E-state index is -0.817. The normalized spacial score (nSPS) is 19.7. The first kappa shape index (κ1) is 33.4. The number of piperazine rings is 1. The van der Waals surface area contributed by atoms with Crippen LogP contribution in [0.15, 0.2) is 91.5 Å². The topological polar surface area (TPSA) is 117 Å². The van der Waals surface area contributed by atoms with Crippen molar-refractivity contribution in [1.29, 1.82) is 0 Å². The molecule has 1 unspecified atom stereocenters. The Morgan fingerprint density at radius 2 is 1.68 bits per heavy atom. The van der Waals surface area contributed by atoms with Crippen molar-refractivity contribution in [3.8, 4) is 5.75 Å². The largest absolute Gasteiger partial charge is 0.508 e. The zero-order chi connectivity index (χ0) is 33.3. The van der Waals surface area contributed by atoms with E-state index in [9.17, 15) is 24.3 Å². The maximum atomic E-state index is 13.9. The van der Waals surface area contributed by atoms with Crippen LogP contribution in [0, 0.1) is 0 Å². The highest BCUT2D eigenvalue weighted by atomic mass is 16.3. The van der Waals surface area contributed by atoms with Crippen LogP contribution in [0.3, 0.4) is 0 Å². The molecule has 0 spiro atoms. The number of aromatic hydroxyl groups is 1. The van der Waals surface area contributed by atoms with Gasteiger partial charge in [-0.25, -0.2) is 5.01 Å². The zero-order valence-corrected chi connectivity index (χ0v) is 26.7. The lowest BCUT2D eigenvalue weighted by Gasteiger charge is -2.54. The summed E-state index contributed by atoms with van der Waals surface area (Å²) in [5, 5.41) is 15.9. The van der Waals surface area contributed by atoms with Crippen LogP contribution in [0.25, 0.3) is 0 Å². The van der Waals surface area contributed by atoms with Crippen molar-refractivity contribution in [2.24, 2.45) is 0 Å². The second-order valence-corrected chi connectivity index (χ2v) is 11.8. The molecule has 6 rings (SSSR count). The van der Waals surface area contributed by atoms with Crippen LogP contribution in [0.2, 0.25) is 0 Å². The van der Waals surface area contributed by atoms with Gasteiger partial charge >= 0.3 is 0 Å². The van der Waals surface area contributed by atoms with E-state index < -0.39 is 12.2 Å². The van der Waals surface area contributed by atoms with Gasteiger partial charge in [0.25, 0.3) is 0 Å². The Kier molecular flexibility index (Phi) is 11.0. The average molecular weight is 639 g/mol. The van der Waals surface area contributed by atoms with Crippen molar-refractivity contribution in [3.63, 3.8) is 0 Å². The van der Waals surface area contributed by atoms with Gasteiger partial charge in [0.1, 0.15) is 18.0 Å². The molecule has 2 N–H and O–H groups in total. The molecule has 3 aliphatic rings. The Morgan fingerprint density at radius 3 is 2.34 bits per heavy atom. The highest BCUT2D eigenvalue weighted by Crippen LogP contribution is 2.30. The summed E-state index contributed by atoms with van der Waals surface area (Å²) in [6, 6.07) is 23.7. The first-order valence-corrected chi connectivity index (χ1v) is 15.9. The van der Waals surface area contributed by atoms with Gasteiger partial charge < -0.3 is 25.1 Å². The molecule has 3 heterocycles. The van der Waals surface area contributed by atoms with Crippen LogP contribution >= 0.6 is 0 Å². The molecule has 0 aromatic heterocycles. The molecule has 0 bridgehead atoms. The molecule has 11 nitrogen and oxygen atoms in total. The second-order valence-electron chi connectivity index (χ2n) is 11.8. The van der Waals surface area contributed by atoms with Gasteiger partial charge in [0.15, 0.2) is 0 Å². The molecule has 3 aromatic carbocycles. The molecule has 246 valence electrons. The molecule has 3 fully saturated rings. The number of benzene rings is 3. The number of phenolic OH excluding ortho intramolecular Hbond substituents is 1. The van der Waals surface area contributed by atoms with Crippen LogP contribution in [0.4, 0.5) is 5.69 Å². The Morgan fingerprint density at radius 1 is 0.936 bits per heavy atom. The van der Waals surface area contributed by atoms with Crippen LogP contribution in [0.5, 0.6) is 5.75 Å². The third-order valence-corrected chi connectivity index (χ3v) is 8.58. The number of fused-ring (bicyclic) bond motifs is 1. The summed E-state index contributed by atoms with van der Waals surface area (Å²) >= 11 is 0. The summed E-state index contributed by atoms with van der Waals surface area (Å²) in [4.78, 5) is 56.7. The Hall–Kier alpha value is -5.00. The molecule has 0 saturated carbocycles. The van der Waals surface area contributed by atoms with Crippen molar-refractivity contribution < 1.29 is 24.3 Å². The number of carbonyl (C=O) groups is 4. The van der Waals surface area contributed by atoms with E-state index in [1.807, 2.05) is 49.5 Å². The highest BCUT2D eigenvalue weighted by molar-refractivity contribution is 5.95. The van der Waals surface area contributed by atoms with Gasteiger partial charge in [-0.05, 0) is 54.4 Å². The molecule has 3 aromatic rings. The summed E-state index contributed by atoms with van der Waals surface area (Å²) in [6.45, 7) is 6.07. The van der Waals surface area contributed by atoms with Gasteiger partial charge in [-0.2, -0.15) is 0 Å². The zero-order valence-electron chi connectivity index (χ0n) is 26.7. The number of nitrogens with zero attached hydrogens (tertiary/aromatic N) is 5. The number of nitrogens with one attached hydrogen (secondary N) is 1. The van der Waals surface area contributed by atoms with E-state index in [0.717, 1.165) is 29.8 Å². The van der Waals surface area contributed by atoms with E-state index in [-0.39, 0.29) is 49.5 Å². The van der Waals surface area contributed by atoms with Crippen molar-refractivity contribution >= 4 is 29.8 Å². The van der Waals surface area contributed by atoms with Crippen molar-refractivity contribution in [2.75, 3.05) is 38.1 Å². The summed E-state index contributed by atoms with van der Waals surface area (Å²) in [5.41, 5.74) is 3.78. The fourth-order valence-electron chi connectivity index (χ4n) is 6.36. The predicted molar refractivity (Wildman–Crippen MR) is 179 cm³/mol. The number of amides is 4. The van der Waals surface area contributed by atoms with Gasteiger partial charge in [0, 0.05) is 44.7 Å². The summed E-state index contributed by atoms with van der Waals surface area (Å²) in [5.74, 6) is -0.249. The SMILES string of the molecule is C=CCN1CC(=O)N2C(CN(Cc3cccc(N4CCCC4=O)c3)C(=O)[C@@H]2Cc2ccc(O)cc2)N1C=O.CNCc1ccccc1. The third kappa shape index (κ3) is 7.87. The molecule has 2 atom stereocenters. The first-order valence-electron chi connectivity index (χ1n) is 15.9. The third-order valence-electron chi connectivity index (χ3n) is 8.58. The number of hydrazine groups is 1. The Labute approximate surface area is 275 Å². The number of rotatable bonds is 10. The molecule has 3 saturated heterocycles. The smallest absolute Gasteiger partial charge is 0.246 e. The second kappa shape index (κ2) is 15.5. The molecule has 0 aliphatic carbocycles. The van der Waals surface area contributed by atoms with Gasteiger partial charge in [0.2, 0.25) is 24.1 Å². The minimum absolute atomic E-state index is 0.0352. The monoisotopic (exact) mass is 638 g/mol. The summed E-state index contributed by atoms with van der Waals surface area (Å²) in [6.07, 6.45) is 3.25. The maximum Gasteiger partial charge on any atom is 0.246 e. The molecule has 0 radical (unpaired) electrons. The van der Waals surface area contributed by atoms with Crippen LogP contribution in [-0.2, 0) is 38.7 Å². The van der Waals surface area contributed by atoms with E-state index in [1.54, 1.807) is 45.2 Å². The fraction of sp³-hybridized carbons (Fsp3) is 0.333. The van der Waals surface area contributed by atoms with E-state index in [4.69, 9.17) is 0 Å². The number of carbonyl (C=O) groups excluding carboxylic acids is 4.